The molecule has 4 aromatic rings. The lowest BCUT2D eigenvalue weighted by molar-refractivity contribution is -0.141. The number of hydrogen-bond donors (Lipinski definition) is 0. The molecule has 1 aliphatic carbocycles. The fourth-order valence-electron chi connectivity index (χ4n) is 5.08. The molecule has 0 saturated heterocycles. The summed E-state index contributed by atoms with van der Waals surface area (Å²) in [5, 5.41) is 0.975. The summed E-state index contributed by atoms with van der Waals surface area (Å²) in [6.45, 7) is 0.415. The summed E-state index contributed by atoms with van der Waals surface area (Å²) < 4.78 is 38.1. The number of halogens is 1. The number of benzene rings is 3. The standard InChI is InChI=1S/C29H24FNO5/c1-33-27(32)14-18-16-34-26-15-19(7-8-20(18)26)35-24-11-9-21-23(12-10-22(30)28(21)24)36-25-6-2-4-17-5-3-13-31-29(17)25/h2-8,10,12-13,15,18,24H,9,11,14,16H2,1H3/t18-,24-/m1/s1. The average Bonchev–Trinajstić information content (AvgIpc) is 3.50. The molecule has 0 bridgehead atoms. The Bertz CT molecular complexity index is 1460. The van der Waals surface area contributed by atoms with E-state index in [-0.39, 0.29) is 24.1 Å². The highest BCUT2D eigenvalue weighted by atomic mass is 19.1. The number of aromatic nitrogens is 1. The van der Waals surface area contributed by atoms with Crippen LogP contribution in [0.1, 0.15) is 41.6 Å². The number of methoxy groups -OCH3 is 1. The summed E-state index contributed by atoms with van der Waals surface area (Å²) in [5.74, 6) is 1.88. The number of hydrogen-bond acceptors (Lipinski definition) is 6. The van der Waals surface area contributed by atoms with Crippen LogP contribution in [0.25, 0.3) is 10.9 Å². The molecular weight excluding hydrogens is 461 g/mol. The van der Waals surface area contributed by atoms with Crippen LogP contribution in [0.2, 0.25) is 0 Å². The average molecular weight is 486 g/mol. The zero-order valence-electron chi connectivity index (χ0n) is 19.7. The number of esters is 1. The minimum absolute atomic E-state index is 0.0468. The quantitative estimate of drug-likeness (QED) is 0.300. The van der Waals surface area contributed by atoms with Crippen molar-refractivity contribution in [2.75, 3.05) is 13.7 Å². The molecule has 1 aliphatic heterocycles. The van der Waals surface area contributed by atoms with Crippen LogP contribution in [0.5, 0.6) is 23.0 Å². The van der Waals surface area contributed by atoms with Gasteiger partial charge in [-0.15, -0.1) is 0 Å². The van der Waals surface area contributed by atoms with Crippen molar-refractivity contribution in [2.45, 2.75) is 31.3 Å². The first-order chi connectivity index (χ1) is 17.6. The van der Waals surface area contributed by atoms with Gasteiger partial charge >= 0.3 is 5.97 Å². The summed E-state index contributed by atoms with van der Waals surface area (Å²) in [7, 11) is 1.38. The predicted octanol–water partition coefficient (Wildman–Crippen LogP) is 6.27. The van der Waals surface area contributed by atoms with Crippen molar-refractivity contribution in [3.05, 3.63) is 89.4 Å². The highest BCUT2D eigenvalue weighted by Crippen LogP contribution is 2.44. The molecule has 0 radical (unpaired) electrons. The first kappa shape index (κ1) is 22.3. The third-order valence-corrected chi connectivity index (χ3v) is 6.84. The molecule has 0 fully saturated rings. The lowest BCUT2D eigenvalue weighted by Gasteiger charge is -2.17. The molecule has 0 unspecified atom stereocenters. The minimum Gasteiger partial charge on any atom is -0.492 e. The Balaban J connectivity index is 1.25. The maximum Gasteiger partial charge on any atom is 0.306 e. The molecule has 0 amide bonds. The maximum atomic E-state index is 15.0. The van der Waals surface area contributed by atoms with E-state index in [4.69, 9.17) is 18.9 Å². The van der Waals surface area contributed by atoms with Crippen LogP contribution in [-0.2, 0) is 16.0 Å². The summed E-state index contributed by atoms with van der Waals surface area (Å²) in [6.07, 6.45) is 2.81. The molecule has 1 aromatic heterocycles. The maximum absolute atomic E-state index is 15.0. The molecule has 0 N–H and O–H groups in total. The van der Waals surface area contributed by atoms with Crippen LogP contribution in [0.15, 0.2) is 66.9 Å². The van der Waals surface area contributed by atoms with E-state index in [2.05, 4.69) is 4.98 Å². The lowest BCUT2D eigenvalue weighted by atomic mass is 9.98. The number of ether oxygens (including phenoxy) is 4. The molecule has 182 valence electrons. The van der Waals surface area contributed by atoms with E-state index in [1.54, 1.807) is 12.3 Å². The predicted molar refractivity (Wildman–Crippen MR) is 131 cm³/mol. The van der Waals surface area contributed by atoms with Gasteiger partial charge < -0.3 is 18.9 Å². The van der Waals surface area contributed by atoms with E-state index in [0.29, 0.717) is 48.0 Å². The molecule has 2 atom stereocenters. The number of nitrogens with zero attached hydrogens (tertiary/aromatic N) is 1. The van der Waals surface area contributed by atoms with Crippen molar-refractivity contribution >= 4 is 16.9 Å². The van der Waals surface area contributed by atoms with Gasteiger partial charge in [-0.25, -0.2) is 4.39 Å². The van der Waals surface area contributed by atoms with Gasteiger partial charge in [-0.2, -0.15) is 0 Å². The van der Waals surface area contributed by atoms with E-state index in [1.165, 1.54) is 13.2 Å². The Hall–Kier alpha value is -4.13. The second-order valence-corrected chi connectivity index (χ2v) is 9.00. The van der Waals surface area contributed by atoms with Gasteiger partial charge in [0, 0.05) is 40.3 Å². The molecule has 3 aromatic carbocycles. The van der Waals surface area contributed by atoms with E-state index in [1.807, 2.05) is 48.5 Å². The Labute approximate surface area is 207 Å². The number of rotatable bonds is 6. The lowest BCUT2D eigenvalue weighted by Crippen LogP contribution is -2.09. The first-order valence-corrected chi connectivity index (χ1v) is 11.9. The van der Waals surface area contributed by atoms with Crippen molar-refractivity contribution in [2.24, 2.45) is 0 Å². The first-order valence-electron chi connectivity index (χ1n) is 11.9. The number of para-hydroxylation sites is 1. The zero-order valence-corrected chi connectivity index (χ0v) is 19.7. The molecule has 6 nitrogen and oxygen atoms in total. The fourth-order valence-corrected chi connectivity index (χ4v) is 5.08. The molecule has 36 heavy (non-hydrogen) atoms. The fraction of sp³-hybridized carbons (Fsp3) is 0.241. The summed E-state index contributed by atoms with van der Waals surface area (Å²) in [6, 6.07) is 18.3. The van der Waals surface area contributed by atoms with Gasteiger partial charge in [-0.05, 0) is 43.2 Å². The van der Waals surface area contributed by atoms with Crippen LogP contribution in [0.3, 0.4) is 0 Å². The van der Waals surface area contributed by atoms with Gasteiger partial charge in [-0.3, -0.25) is 9.78 Å². The normalized spacial score (nSPS) is 17.8. The largest absolute Gasteiger partial charge is 0.492 e. The number of fused-ring (bicyclic) bond motifs is 3. The van der Waals surface area contributed by atoms with E-state index >= 15 is 4.39 Å². The van der Waals surface area contributed by atoms with E-state index in [9.17, 15) is 4.79 Å². The van der Waals surface area contributed by atoms with Gasteiger partial charge in [-0.1, -0.05) is 24.3 Å². The van der Waals surface area contributed by atoms with Crippen molar-refractivity contribution in [3.8, 4) is 23.0 Å². The Morgan fingerprint density at radius 1 is 1.11 bits per heavy atom. The smallest absolute Gasteiger partial charge is 0.306 e. The second-order valence-electron chi connectivity index (χ2n) is 9.00. The van der Waals surface area contributed by atoms with Crippen LogP contribution < -0.4 is 14.2 Å². The SMILES string of the molecule is COC(=O)C[C@@H]1COc2cc(O[C@@H]3CCc4c(Oc5cccc6cccnc56)ccc(F)c43)ccc21. The van der Waals surface area contributed by atoms with Crippen LogP contribution >= 0.6 is 0 Å². The van der Waals surface area contributed by atoms with Crippen molar-refractivity contribution < 1.29 is 28.1 Å². The summed E-state index contributed by atoms with van der Waals surface area (Å²) >= 11 is 0. The van der Waals surface area contributed by atoms with Gasteiger partial charge in [0.25, 0.3) is 0 Å². The molecule has 7 heteroatoms. The zero-order chi connectivity index (χ0) is 24.6. The Kier molecular flexibility index (Phi) is 5.68. The molecule has 0 saturated carbocycles. The van der Waals surface area contributed by atoms with Gasteiger partial charge in [0.2, 0.25) is 0 Å². The van der Waals surface area contributed by atoms with Crippen molar-refractivity contribution in [1.29, 1.82) is 0 Å². The molecular formula is C29H24FNO5. The third-order valence-electron chi connectivity index (χ3n) is 6.84. The van der Waals surface area contributed by atoms with Gasteiger partial charge in [0.15, 0.2) is 5.75 Å². The molecule has 0 spiro atoms. The third kappa shape index (κ3) is 4.00. The van der Waals surface area contributed by atoms with Gasteiger partial charge in [0.05, 0.1) is 20.1 Å². The van der Waals surface area contributed by atoms with E-state index in [0.717, 1.165) is 22.0 Å². The molecule has 2 aliphatic rings. The topological polar surface area (TPSA) is 66.9 Å². The van der Waals surface area contributed by atoms with Crippen LogP contribution in [0.4, 0.5) is 4.39 Å². The summed E-state index contributed by atoms with van der Waals surface area (Å²) in [4.78, 5) is 16.1. The monoisotopic (exact) mass is 485 g/mol. The number of carbonyl (C=O) groups excluding carboxylic acids is 1. The van der Waals surface area contributed by atoms with Crippen molar-refractivity contribution in [3.63, 3.8) is 0 Å². The Morgan fingerprint density at radius 2 is 2.00 bits per heavy atom. The van der Waals surface area contributed by atoms with Crippen molar-refractivity contribution in [1.82, 2.24) is 4.98 Å². The van der Waals surface area contributed by atoms with Crippen LogP contribution in [0, 0.1) is 5.82 Å². The van der Waals surface area contributed by atoms with Gasteiger partial charge in [0.1, 0.15) is 34.7 Å². The number of pyridine rings is 1. The highest BCUT2D eigenvalue weighted by Gasteiger charge is 2.32. The number of carbonyl (C=O) groups is 1. The van der Waals surface area contributed by atoms with Crippen LogP contribution in [-0.4, -0.2) is 24.7 Å². The summed E-state index contributed by atoms with van der Waals surface area (Å²) in [5.41, 5.74) is 3.03. The minimum atomic E-state index is -0.445. The van der Waals surface area contributed by atoms with E-state index < -0.39 is 6.10 Å². The second kappa shape index (κ2) is 9.15. The molecule has 2 heterocycles. The Morgan fingerprint density at radius 3 is 2.89 bits per heavy atom. The molecule has 6 rings (SSSR count). The highest BCUT2D eigenvalue weighted by molar-refractivity contribution is 5.84.